The molecule has 160 valence electrons. The minimum absolute atomic E-state index is 0.00364. The Balaban J connectivity index is 1.58. The summed E-state index contributed by atoms with van der Waals surface area (Å²) >= 11 is 14.8. The van der Waals surface area contributed by atoms with Crippen LogP contribution in [0.25, 0.3) is 0 Å². The minimum atomic E-state index is -4.57. The summed E-state index contributed by atoms with van der Waals surface area (Å²) in [5.41, 5.74) is 0.160. The van der Waals surface area contributed by atoms with E-state index in [4.69, 9.17) is 23.2 Å². The first kappa shape index (κ1) is 22.6. The van der Waals surface area contributed by atoms with Crippen molar-refractivity contribution in [3.8, 4) is 0 Å². The quantitative estimate of drug-likeness (QED) is 0.459. The number of aryl methyl sites for hydroxylation is 1. The number of aromatic nitrogens is 4. The van der Waals surface area contributed by atoms with E-state index in [2.05, 4.69) is 31.4 Å². The van der Waals surface area contributed by atoms with E-state index in [9.17, 15) is 18.0 Å². The molecule has 2 aromatic heterocycles. The van der Waals surface area contributed by atoms with E-state index in [1.165, 1.54) is 6.92 Å². The summed E-state index contributed by atoms with van der Waals surface area (Å²) < 4.78 is 41.4. The maximum Gasteiger partial charge on any atom is 0.436 e. The molecular formula is C18H15BrCl2F3N5O. The van der Waals surface area contributed by atoms with Crippen LogP contribution in [0.3, 0.4) is 0 Å². The SMILES string of the molecule is Cc1c(Br)c(C(F)(F)F)nn1CCC(=O)Nc1ccn(Cc2ccc(Cl)c(Cl)c2)n1. The molecule has 6 nitrogen and oxygen atoms in total. The van der Waals surface area contributed by atoms with Crippen LogP contribution < -0.4 is 5.32 Å². The zero-order valence-electron chi connectivity index (χ0n) is 15.5. The summed E-state index contributed by atoms with van der Waals surface area (Å²) in [6.45, 7) is 1.92. The molecule has 0 bridgehead atoms. The smallest absolute Gasteiger partial charge is 0.309 e. The molecule has 0 aliphatic carbocycles. The van der Waals surface area contributed by atoms with Gasteiger partial charge in [0.05, 0.1) is 33.3 Å². The fraction of sp³-hybridized carbons (Fsp3) is 0.278. The van der Waals surface area contributed by atoms with Crippen LogP contribution in [0.15, 0.2) is 34.9 Å². The van der Waals surface area contributed by atoms with E-state index in [0.29, 0.717) is 28.1 Å². The Labute approximate surface area is 188 Å². The molecule has 1 N–H and O–H groups in total. The summed E-state index contributed by atoms with van der Waals surface area (Å²) in [6.07, 6.45) is -2.95. The molecule has 1 aromatic carbocycles. The lowest BCUT2D eigenvalue weighted by molar-refractivity contribution is -0.142. The highest BCUT2D eigenvalue weighted by atomic mass is 79.9. The van der Waals surface area contributed by atoms with Gasteiger partial charge in [0.2, 0.25) is 5.91 Å². The van der Waals surface area contributed by atoms with Crippen LogP contribution in [-0.2, 0) is 24.1 Å². The zero-order chi connectivity index (χ0) is 22.1. The highest BCUT2D eigenvalue weighted by Gasteiger charge is 2.37. The minimum Gasteiger partial charge on any atom is -0.309 e. The van der Waals surface area contributed by atoms with Crippen LogP contribution in [0.4, 0.5) is 19.0 Å². The molecule has 30 heavy (non-hydrogen) atoms. The van der Waals surface area contributed by atoms with Crippen LogP contribution >= 0.6 is 39.1 Å². The van der Waals surface area contributed by atoms with Crippen molar-refractivity contribution in [2.24, 2.45) is 0 Å². The molecule has 0 spiro atoms. The third kappa shape index (κ3) is 5.35. The molecule has 0 saturated carbocycles. The Morgan fingerprint density at radius 1 is 1.20 bits per heavy atom. The number of nitrogens with zero attached hydrogens (tertiary/aromatic N) is 4. The van der Waals surface area contributed by atoms with Crippen LogP contribution in [0, 0.1) is 6.92 Å². The predicted octanol–water partition coefficient (Wildman–Crippen LogP) is 5.55. The van der Waals surface area contributed by atoms with Crippen molar-refractivity contribution in [3.63, 3.8) is 0 Å². The van der Waals surface area contributed by atoms with Gasteiger partial charge < -0.3 is 5.32 Å². The Hall–Kier alpha value is -2.04. The fourth-order valence-electron chi connectivity index (χ4n) is 2.68. The predicted molar refractivity (Wildman–Crippen MR) is 111 cm³/mol. The van der Waals surface area contributed by atoms with Crippen LogP contribution in [-0.4, -0.2) is 25.5 Å². The molecule has 3 aromatic rings. The second-order valence-corrected chi connectivity index (χ2v) is 8.02. The van der Waals surface area contributed by atoms with Crippen LogP contribution in [0.5, 0.6) is 0 Å². The van der Waals surface area contributed by atoms with E-state index in [1.807, 2.05) is 6.07 Å². The third-order valence-corrected chi connectivity index (χ3v) is 5.88. The van der Waals surface area contributed by atoms with Gasteiger partial charge in [-0.3, -0.25) is 14.2 Å². The zero-order valence-corrected chi connectivity index (χ0v) is 18.6. The van der Waals surface area contributed by atoms with Gasteiger partial charge in [-0.05, 0) is 40.5 Å². The average Bonchev–Trinajstić information content (AvgIpc) is 3.21. The number of alkyl halides is 3. The van der Waals surface area contributed by atoms with E-state index in [-0.39, 0.29) is 17.4 Å². The molecule has 0 fully saturated rings. The number of rotatable bonds is 6. The van der Waals surface area contributed by atoms with E-state index in [0.717, 1.165) is 10.2 Å². The van der Waals surface area contributed by atoms with Crippen molar-refractivity contribution < 1.29 is 18.0 Å². The number of anilines is 1. The summed E-state index contributed by atoms with van der Waals surface area (Å²) in [5, 5.41) is 11.3. The summed E-state index contributed by atoms with van der Waals surface area (Å²) in [7, 11) is 0. The molecule has 0 radical (unpaired) electrons. The topological polar surface area (TPSA) is 64.7 Å². The van der Waals surface area contributed by atoms with E-state index >= 15 is 0 Å². The lowest BCUT2D eigenvalue weighted by atomic mass is 10.2. The maximum atomic E-state index is 12.9. The number of nitrogens with one attached hydrogen (secondary N) is 1. The van der Waals surface area contributed by atoms with Gasteiger partial charge in [-0.1, -0.05) is 29.3 Å². The average molecular weight is 525 g/mol. The van der Waals surface area contributed by atoms with Crippen LogP contribution in [0.1, 0.15) is 23.4 Å². The number of hydrogen-bond acceptors (Lipinski definition) is 3. The van der Waals surface area contributed by atoms with Gasteiger partial charge in [0.15, 0.2) is 11.5 Å². The summed E-state index contributed by atoms with van der Waals surface area (Å²) in [4.78, 5) is 12.2. The van der Waals surface area contributed by atoms with E-state index in [1.54, 1.807) is 29.1 Å². The summed E-state index contributed by atoms with van der Waals surface area (Å²) in [5.74, 6) is -0.0659. The second-order valence-electron chi connectivity index (χ2n) is 6.41. The monoisotopic (exact) mass is 523 g/mol. The van der Waals surface area contributed by atoms with Crippen molar-refractivity contribution in [2.45, 2.75) is 32.6 Å². The molecule has 0 unspecified atom stereocenters. The number of carbonyl (C=O) groups excluding carboxylic acids is 1. The number of benzene rings is 1. The van der Waals surface area contributed by atoms with Gasteiger partial charge in [-0.15, -0.1) is 0 Å². The van der Waals surface area contributed by atoms with Crippen molar-refractivity contribution in [1.29, 1.82) is 0 Å². The molecular weight excluding hydrogens is 510 g/mol. The van der Waals surface area contributed by atoms with E-state index < -0.39 is 17.8 Å². The lowest BCUT2D eigenvalue weighted by Crippen LogP contribution is -2.16. The van der Waals surface area contributed by atoms with Crippen molar-refractivity contribution in [1.82, 2.24) is 19.6 Å². The van der Waals surface area contributed by atoms with Gasteiger partial charge in [-0.25, -0.2) is 0 Å². The highest BCUT2D eigenvalue weighted by molar-refractivity contribution is 9.10. The third-order valence-electron chi connectivity index (χ3n) is 4.19. The number of amides is 1. The van der Waals surface area contributed by atoms with Gasteiger partial charge in [-0.2, -0.15) is 23.4 Å². The molecule has 2 heterocycles. The Kier molecular flexibility index (Phi) is 6.78. The van der Waals surface area contributed by atoms with Gasteiger partial charge in [0.1, 0.15) is 0 Å². The van der Waals surface area contributed by atoms with Gasteiger partial charge in [0, 0.05) is 18.7 Å². The van der Waals surface area contributed by atoms with Crippen LogP contribution in [0.2, 0.25) is 10.0 Å². The van der Waals surface area contributed by atoms with Crippen molar-refractivity contribution in [2.75, 3.05) is 5.32 Å². The Morgan fingerprint density at radius 3 is 2.57 bits per heavy atom. The maximum absolute atomic E-state index is 12.9. The molecule has 3 rings (SSSR count). The Bertz CT molecular complexity index is 1080. The standard InChI is InChI=1S/C18H15BrCl2F3N5O/c1-10-16(19)17(18(22,23)24)27-29(10)7-5-15(30)25-14-4-6-28(26-14)9-11-2-3-12(20)13(21)8-11/h2-4,6,8H,5,7,9H2,1H3,(H,25,26,30). The number of carbonyl (C=O) groups is 1. The first-order chi connectivity index (χ1) is 14.0. The van der Waals surface area contributed by atoms with Crippen molar-refractivity contribution in [3.05, 3.63) is 61.9 Å². The largest absolute Gasteiger partial charge is 0.436 e. The molecule has 12 heteroatoms. The first-order valence-electron chi connectivity index (χ1n) is 8.62. The first-order valence-corrected chi connectivity index (χ1v) is 10.2. The molecule has 0 atom stereocenters. The molecule has 0 aliphatic rings. The Morgan fingerprint density at radius 2 is 1.93 bits per heavy atom. The van der Waals surface area contributed by atoms with Gasteiger partial charge in [0.25, 0.3) is 0 Å². The summed E-state index contributed by atoms with van der Waals surface area (Å²) in [6, 6.07) is 6.84. The molecule has 1 amide bonds. The van der Waals surface area contributed by atoms with Crippen molar-refractivity contribution >= 4 is 50.9 Å². The molecule has 0 saturated heterocycles. The normalized spacial score (nSPS) is 11.7. The second kappa shape index (κ2) is 8.99. The molecule has 0 aliphatic heterocycles. The number of halogens is 6. The number of hydrogen-bond donors (Lipinski definition) is 1. The fourth-order valence-corrected chi connectivity index (χ4v) is 3.51. The highest BCUT2D eigenvalue weighted by Crippen LogP contribution is 2.35. The van der Waals surface area contributed by atoms with Gasteiger partial charge >= 0.3 is 6.18 Å². The lowest BCUT2D eigenvalue weighted by Gasteiger charge is -2.06.